The number of hydrogen-bond acceptors (Lipinski definition) is 1. The van der Waals surface area contributed by atoms with Crippen LogP contribution in [-0.4, -0.2) is 11.2 Å². The minimum Gasteiger partial charge on any atom is -0.358 e. The van der Waals surface area contributed by atoms with Crippen molar-refractivity contribution < 1.29 is 0 Å². The van der Waals surface area contributed by atoms with E-state index in [1.807, 2.05) is 6.07 Å². The Labute approximate surface area is 99.0 Å². The highest BCUT2D eigenvalue weighted by Crippen LogP contribution is 2.33. The van der Waals surface area contributed by atoms with Crippen LogP contribution in [0.5, 0.6) is 0 Å². The molecule has 1 aliphatic carbocycles. The summed E-state index contributed by atoms with van der Waals surface area (Å²) in [5.41, 5.74) is 2.69. The summed E-state index contributed by atoms with van der Waals surface area (Å²) in [6.07, 6.45) is 2.19. The van der Waals surface area contributed by atoms with E-state index in [2.05, 4.69) is 22.8 Å². The Morgan fingerprint density at radius 2 is 2.20 bits per heavy atom. The largest absolute Gasteiger partial charge is 0.358 e. The molecule has 4 heteroatoms. The molecule has 1 fully saturated rings. The molecule has 1 heterocycles. The summed E-state index contributed by atoms with van der Waals surface area (Å²) < 4.78 is 0. The number of benzene rings is 1. The van der Waals surface area contributed by atoms with E-state index in [1.165, 1.54) is 11.1 Å². The lowest BCUT2D eigenvalue weighted by Gasteiger charge is -2.27. The molecule has 0 amide bonds. The van der Waals surface area contributed by atoms with Crippen molar-refractivity contribution in [3.8, 4) is 0 Å². The first-order chi connectivity index (χ1) is 7.24. The van der Waals surface area contributed by atoms with E-state index in [0.29, 0.717) is 12.1 Å². The van der Waals surface area contributed by atoms with Crippen LogP contribution in [0.2, 0.25) is 5.02 Å². The minimum atomic E-state index is 0.332. The van der Waals surface area contributed by atoms with Crippen molar-refractivity contribution in [3.63, 3.8) is 0 Å². The van der Waals surface area contributed by atoms with E-state index in [4.69, 9.17) is 23.8 Å². The monoisotopic (exact) mass is 238 g/mol. The van der Waals surface area contributed by atoms with Crippen LogP contribution in [0.3, 0.4) is 0 Å². The van der Waals surface area contributed by atoms with E-state index in [1.54, 1.807) is 0 Å². The molecule has 2 aliphatic rings. The second-order valence-electron chi connectivity index (χ2n) is 4.08. The van der Waals surface area contributed by atoms with Crippen LogP contribution >= 0.6 is 23.8 Å². The predicted molar refractivity (Wildman–Crippen MR) is 65.2 cm³/mol. The SMILES string of the molecule is S=C1N[C@H]2CCc3cc(Cl)ccc3[C@H]2N1. The lowest BCUT2D eigenvalue weighted by Crippen LogP contribution is -2.31. The third-order valence-corrected chi connectivity index (χ3v) is 3.64. The molecule has 0 unspecified atom stereocenters. The highest BCUT2D eigenvalue weighted by Gasteiger charge is 2.34. The molecular weight excluding hydrogens is 228 g/mol. The van der Waals surface area contributed by atoms with Crippen molar-refractivity contribution in [2.24, 2.45) is 0 Å². The Kier molecular flexibility index (Phi) is 2.11. The van der Waals surface area contributed by atoms with Crippen LogP contribution in [0.25, 0.3) is 0 Å². The van der Waals surface area contributed by atoms with Crippen molar-refractivity contribution in [1.29, 1.82) is 0 Å². The highest BCUT2D eigenvalue weighted by molar-refractivity contribution is 7.80. The van der Waals surface area contributed by atoms with Gasteiger partial charge >= 0.3 is 0 Å². The van der Waals surface area contributed by atoms with Gasteiger partial charge in [0.1, 0.15) is 0 Å². The van der Waals surface area contributed by atoms with E-state index in [9.17, 15) is 0 Å². The number of aryl methyl sites for hydroxylation is 1. The van der Waals surface area contributed by atoms with Crippen LogP contribution in [0.4, 0.5) is 0 Å². The van der Waals surface area contributed by atoms with Gasteiger partial charge in [0.25, 0.3) is 0 Å². The van der Waals surface area contributed by atoms with E-state index in [0.717, 1.165) is 23.0 Å². The predicted octanol–water partition coefficient (Wildman–Crippen LogP) is 2.17. The van der Waals surface area contributed by atoms with Gasteiger partial charge in [0.15, 0.2) is 5.11 Å². The third-order valence-electron chi connectivity index (χ3n) is 3.17. The van der Waals surface area contributed by atoms with Gasteiger partial charge in [-0.05, 0) is 48.3 Å². The molecule has 0 radical (unpaired) electrons. The number of hydrogen-bond donors (Lipinski definition) is 2. The van der Waals surface area contributed by atoms with Crippen molar-refractivity contribution >= 4 is 28.9 Å². The number of nitrogens with one attached hydrogen (secondary N) is 2. The molecule has 1 aromatic carbocycles. The molecule has 78 valence electrons. The minimum absolute atomic E-state index is 0.332. The fourth-order valence-electron chi connectivity index (χ4n) is 2.47. The molecule has 0 spiro atoms. The van der Waals surface area contributed by atoms with Gasteiger partial charge < -0.3 is 10.6 Å². The number of fused-ring (bicyclic) bond motifs is 3. The first-order valence-electron chi connectivity index (χ1n) is 5.09. The fraction of sp³-hybridized carbons (Fsp3) is 0.364. The summed E-state index contributed by atoms with van der Waals surface area (Å²) in [7, 11) is 0. The number of rotatable bonds is 0. The zero-order valence-electron chi connectivity index (χ0n) is 8.09. The van der Waals surface area contributed by atoms with Gasteiger partial charge in [-0.3, -0.25) is 0 Å². The van der Waals surface area contributed by atoms with Crippen LogP contribution in [0.1, 0.15) is 23.6 Å². The van der Waals surface area contributed by atoms with E-state index in [-0.39, 0.29) is 0 Å². The van der Waals surface area contributed by atoms with Gasteiger partial charge in [-0.25, -0.2) is 0 Å². The maximum absolute atomic E-state index is 5.99. The van der Waals surface area contributed by atoms with Crippen LogP contribution in [-0.2, 0) is 6.42 Å². The number of thiocarbonyl (C=S) groups is 1. The quantitative estimate of drug-likeness (QED) is 0.678. The lowest BCUT2D eigenvalue weighted by molar-refractivity contribution is 0.466. The molecule has 2 nitrogen and oxygen atoms in total. The topological polar surface area (TPSA) is 24.1 Å². The van der Waals surface area contributed by atoms with Crippen molar-refractivity contribution in [2.45, 2.75) is 24.9 Å². The van der Waals surface area contributed by atoms with Gasteiger partial charge in [-0.15, -0.1) is 0 Å². The Hall–Kier alpha value is -0.800. The first kappa shape index (κ1) is 9.43. The molecule has 3 rings (SSSR count). The summed E-state index contributed by atoms with van der Waals surface area (Å²) in [6, 6.07) is 6.91. The second-order valence-corrected chi connectivity index (χ2v) is 4.93. The van der Waals surface area contributed by atoms with Gasteiger partial charge in [0.2, 0.25) is 0 Å². The lowest BCUT2D eigenvalue weighted by atomic mass is 9.85. The van der Waals surface area contributed by atoms with E-state index >= 15 is 0 Å². The molecule has 2 N–H and O–H groups in total. The average molecular weight is 239 g/mol. The van der Waals surface area contributed by atoms with Crippen molar-refractivity contribution in [2.75, 3.05) is 0 Å². The Bertz CT molecular complexity index is 433. The zero-order chi connectivity index (χ0) is 10.4. The highest BCUT2D eigenvalue weighted by atomic mass is 35.5. The smallest absolute Gasteiger partial charge is 0.167 e. The maximum Gasteiger partial charge on any atom is 0.167 e. The molecule has 1 aliphatic heterocycles. The Balaban J connectivity index is 2.05. The van der Waals surface area contributed by atoms with Gasteiger partial charge in [0, 0.05) is 5.02 Å². The molecule has 0 bridgehead atoms. The fourth-order valence-corrected chi connectivity index (χ4v) is 2.95. The molecule has 0 saturated carbocycles. The second kappa shape index (κ2) is 3.35. The third kappa shape index (κ3) is 1.50. The molecule has 1 aromatic rings. The maximum atomic E-state index is 5.99. The van der Waals surface area contributed by atoms with Gasteiger partial charge in [-0.1, -0.05) is 17.7 Å². The van der Waals surface area contributed by atoms with Crippen LogP contribution in [0.15, 0.2) is 18.2 Å². The van der Waals surface area contributed by atoms with Gasteiger partial charge in [-0.2, -0.15) is 0 Å². The first-order valence-corrected chi connectivity index (χ1v) is 5.88. The molecule has 15 heavy (non-hydrogen) atoms. The van der Waals surface area contributed by atoms with Crippen LogP contribution < -0.4 is 10.6 Å². The molecular formula is C11H11ClN2S. The zero-order valence-corrected chi connectivity index (χ0v) is 9.66. The average Bonchev–Trinajstić information content (AvgIpc) is 2.58. The van der Waals surface area contributed by atoms with Gasteiger partial charge in [0.05, 0.1) is 12.1 Å². The summed E-state index contributed by atoms with van der Waals surface area (Å²) >= 11 is 11.1. The number of halogens is 1. The Morgan fingerprint density at radius 1 is 1.33 bits per heavy atom. The van der Waals surface area contributed by atoms with E-state index < -0.39 is 0 Å². The summed E-state index contributed by atoms with van der Waals surface area (Å²) in [5, 5.41) is 8.20. The summed E-state index contributed by atoms with van der Waals surface area (Å²) in [4.78, 5) is 0. The molecule has 1 saturated heterocycles. The summed E-state index contributed by atoms with van der Waals surface area (Å²) in [6.45, 7) is 0. The Morgan fingerprint density at radius 3 is 3.07 bits per heavy atom. The normalized spacial score (nSPS) is 27.7. The van der Waals surface area contributed by atoms with Crippen molar-refractivity contribution in [3.05, 3.63) is 34.3 Å². The summed E-state index contributed by atoms with van der Waals surface area (Å²) in [5.74, 6) is 0. The van der Waals surface area contributed by atoms with Crippen LogP contribution in [0, 0.1) is 0 Å². The van der Waals surface area contributed by atoms with Crippen molar-refractivity contribution in [1.82, 2.24) is 10.6 Å². The standard InChI is InChI=1S/C11H11ClN2S/c12-7-2-3-8-6(5-7)1-4-9-10(8)14-11(15)13-9/h2-3,5,9-10H,1,4H2,(H2,13,14,15)/t9-,10+/m0/s1. The molecule has 2 atom stereocenters. The molecule has 0 aromatic heterocycles.